The molecule has 0 radical (unpaired) electrons. The molecule has 1 aromatic carbocycles. The topological polar surface area (TPSA) is 97.4 Å². The predicted molar refractivity (Wildman–Crippen MR) is 93.5 cm³/mol. The fraction of sp³-hybridized carbons (Fsp3) is 0.294. The van der Waals surface area contributed by atoms with Crippen LogP contribution >= 0.6 is 0 Å². The lowest BCUT2D eigenvalue weighted by molar-refractivity contribution is 0.0948. The molecule has 134 valence electrons. The molecule has 0 spiro atoms. The molecule has 0 saturated carbocycles. The smallest absolute Gasteiger partial charge is 0.251 e. The fourth-order valence-corrected chi connectivity index (χ4v) is 3.09. The molecule has 2 N–H and O–H groups in total. The number of amides is 1. The molecule has 1 aromatic heterocycles. The van der Waals surface area contributed by atoms with E-state index in [1.807, 2.05) is 0 Å². The number of carbonyl (C=O) groups is 1. The Balaban J connectivity index is 1.94. The lowest BCUT2D eigenvalue weighted by atomic mass is 10.2. The van der Waals surface area contributed by atoms with E-state index in [-0.39, 0.29) is 17.3 Å². The molecule has 7 nitrogen and oxygen atoms in total. The Morgan fingerprint density at radius 2 is 1.80 bits per heavy atom. The molecule has 0 bridgehead atoms. The average molecular weight is 363 g/mol. The lowest BCUT2D eigenvalue weighted by Gasteiger charge is -2.08. The van der Waals surface area contributed by atoms with Crippen LogP contribution in [0.2, 0.25) is 0 Å². The number of ether oxygens (including phenoxy) is 1. The van der Waals surface area contributed by atoms with Crippen LogP contribution in [0.3, 0.4) is 0 Å². The molecular weight excluding hydrogens is 342 g/mol. The van der Waals surface area contributed by atoms with Crippen molar-refractivity contribution in [3.63, 3.8) is 0 Å². The Hall–Kier alpha value is -2.29. The number of nitrogens with zero attached hydrogens (tertiary/aromatic N) is 1. The van der Waals surface area contributed by atoms with Crippen LogP contribution in [0.5, 0.6) is 0 Å². The number of pyridine rings is 1. The van der Waals surface area contributed by atoms with Gasteiger partial charge in [0.1, 0.15) is 0 Å². The standard InChI is InChI=1S/C17H21N3O4S/c1-24-12-2-9-19-17(21)15-3-5-16(6-4-15)25(22,23)20-13-14-7-10-18-11-8-14/h3-8,10-11,20H,2,9,12-13H2,1H3,(H,19,21). The van der Waals surface area contributed by atoms with E-state index in [2.05, 4.69) is 15.0 Å². The molecule has 2 rings (SSSR count). The van der Waals surface area contributed by atoms with E-state index in [4.69, 9.17) is 4.74 Å². The monoisotopic (exact) mass is 363 g/mol. The van der Waals surface area contributed by atoms with Gasteiger partial charge >= 0.3 is 0 Å². The van der Waals surface area contributed by atoms with E-state index in [0.29, 0.717) is 25.1 Å². The van der Waals surface area contributed by atoms with Crippen molar-refractivity contribution in [2.24, 2.45) is 0 Å². The molecular formula is C17H21N3O4S. The number of rotatable bonds is 9. The first kappa shape index (κ1) is 19.0. The zero-order valence-corrected chi connectivity index (χ0v) is 14.8. The van der Waals surface area contributed by atoms with Gasteiger partial charge in [0.25, 0.3) is 5.91 Å². The summed E-state index contributed by atoms with van der Waals surface area (Å²) in [6.45, 7) is 1.24. The highest BCUT2D eigenvalue weighted by Crippen LogP contribution is 2.11. The number of hydrogen-bond donors (Lipinski definition) is 2. The van der Waals surface area contributed by atoms with Crippen molar-refractivity contribution in [1.29, 1.82) is 0 Å². The molecule has 1 amide bonds. The number of sulfonamides is 1. The Bertz CT molecular complexity index is 777. The molecule has 0 fully saturated rings. The van der Waals surface area contributed by atoms with Crippen LogP contribution in [0.15, 0.2) is 53.7 Å². The molecule has 2 aromatic rings. The summed E-state index contributed by atoms with van der Waals surface area (Å²) in [7, 11) is -2.04. The van der Waals surface area contributed by atoms with Crippen molar-refractivity contribution >= 4 is 15.9 Å². The molecule has 0 atom stereocenters. The number of nitrogens with one attached hydrogen (secondary N) is 2. The van der Waals surface area contributed by atoms with Gasteiger partial charge in [-0.05, 0) is 48.4 Å². The Kier molecular flexibility index (Phi) is 7.05. The fourth-order valence-electron chi connectivity index (χ4n) is 2.07. The van der Waals surface area contributed by atoms with Crippen LogP contribution < -0.4 is 10.0 Å². The molecule has 0 unspecified atom stereocenters. The van der Waals surface area contributed by atoms with Gasteiger partial charge in [-0.1, -0.05) is 0 Å². The summed E-state index contributed by atoms with van der Waals surface area (Å²) in [5.74, 6) is -0.246. The van der Waals surface area contributed by atoms with Gasteiger partial charge in [-0.3, -0.25) is 9.78 Å². The third kappa shape index (κ3) is 5.93. The summed E-state index contributed by atoms with van der Waals surface area (Å²) in [6, 6.07) is 9.29. The normalized spacial score (nSPS) is 11.2. The first-order valence-corrected chi connectivity index (χ1v) is 9.27. The van der Waals surface area contributed by atoms with E-state index >= 15 is 0 Å². The van der Waals surface area contributed by atoms with Crippen molar-refractivity contribution < 1.29 is 17.9 Å². The summed E-state index contributed by atoms with van der Waals surface area (Å²) >= 11 is 0. The van der Waals surface area contributed by atoms with Crippen LogP contribution in [0.25, 0.3) is 0 Å². The summed E-state index contributed by atoms with van der Waals surface area (Å²) in [4.78, 5) is 15.9. The summed E-state index contributed by atoms with van der Waals surface area (Å²) in [5.41, 5.74) is 1.22. The van der Waals surface area contributed by atoms with Gasteiger partial charge in [-0.25, -0.2) is 13.1 Å². The van der Waals surface area contributed by atoms with Crippen LogP contribution in [0.1, 0.15) is 22.3 Å². The van der Waals surface area contributed by atoms with Gasteiger partial charge in [0, 0.05) is 44.8 Å². The van der Waals surface area contributed by atoms with Crippen molar-refractivity contribution in [2.75, 3.05) is 20.3 Å². The van der Waals surface area contributed by atoms with Crippen LogP contribution in [0, 0.1) is 0 Å². The SMILES string of the molecule is COCCCNC(=O)c1ccc(S(=O)(=O)NCc2ccncc2)cc1. The second-order valence-electron chi connectivity index (χ2n) is 5.31. The number of benzene rings is 1. The minimum Gasteiger partial charge on any atom is -0.385 e. The van der Waals surface area contributed by atoms with Gasteiger partial charge in [0.2, 0.25) is 10.0 Å². The summed E-state index contributed by atoms with van der Waals surface area (Å²) < 4.78 is 32.0. The maximum absolute atomic E-state index is 12.3. The third-order valence-corrected chi connectivity index (χ3v) is 4.87. The maximum atomic E-state index is 12.3. The second kappa shape index (κ2) is 9.26. The van der Waals surface area contributed by atoms with E-state index < -0.39 is 10.0 Å². The van der Waals surface area contributed by atoms with Crippen molar-refractivity contribution in [2.45, 2.75) is 17.9 Å². The molecule has 8 heteroatoms. The molecule has 0 aliphatic rings. The minimum absolute atomic E-state index is 0.109. The Morgan fingerprint density at radius 3 is 2.44 bits per heavy atom. The van der Waals surface area contributed by atoms with Gasteiger partial charge in [0.15, 0.2) is 0 Å². The number of carbonyl (C=O) groups excluding carboxylic acids is 1. The Labute approximate surface area is 147 Å². The second-order valence-corrected chi connectivity index (χ2v) is 7.07. The summed E-state index contributed by atoms with van der Waals surface area (Å²) in [5, 5.41) is 2.75. The van der Waals surface area contributed by atoms with Crippen molar-refractivity contribution in [3.05, 3.63) is 59.9 Å². The van der Waals surface area contributed by atoms with Gasteiger partial charge in [-0.15, -0.1) is 0 Å². The molecule has 0 saturated heterocycles. The van der Waals surface area contributed by atoms with Gasteiger partial charge in [0.05, 0.1) is 4.90 Å². The maximum Gasteiger partial charge on any atom is 0.251 e. The van der Waals surface area contributed by atoms with Crippen LogP contribution in [-0.2, 0) is 21.3 Å². The largest absolute Gasteiger partial charge is 0.385 e. The van der Waals surface area contributed by atoms with E-state index in [0.717, 1.165) is 5.56 Å². The number of aromatic nitrogens is 1. The van der Waals surface area contributed by atoms with Crippen molar-refractivity contribution in [1.82, 2.24) is 15.0 Å². The minimum atomic E-state index is -3.64. The predicted octanol–water partition coefficient (Wildman–Crippen LogP) is 1.33. The van der Waals surface area contributed by atoms with Crippen LogP contribution in [0.4, 0.5) is 0 Å². The van der Waals surface area contributed by atoms with Gasteiger partial charge in [-0.2, -0.15) is 0 Å². The quantitative estimate of drug-likeness (QED) is 0.655. The van der Waals surface area contributed by atoms with Crippen molar-refractivity contribution in [3.8, 4) is 0 Å². The molecule has 0 aliphatic carbocycles. The zero-order valence-electron chi connectivity index (χ0n) is 13.9. The first-order valence-electron chi connectivity index (χ1n) is 7.79. The molecule has 0 aliphatic heterocycles. The van der Waals surface area contributed by atoms with Gasteiger partial charge < -0.3 is 10.1 Å². The Morgan fingerprint density at radius 1 is 1.12 bits per heavy atom. The number of methoxy groups -OCH3 is 1. The summed E-state index contributed by atoms with van der Waals surface area (Å²) in [6.07, 6.45) is 3.92. The average Bonchev–Trinajstić information content (AvgIpc) is 2.64. The highest BCUT2D eigenvalue weighted by atomic mass is 32.2. The third-order valence-electron chi connectivity index (χ3n) is 3.45. The zero-order chi connectivity index (χ0) is 18.1. The first-order chi connectivity index (χ1) is 12.0. The van der Waals surface area contributed by atoms with E-state index in [9.17, 15) is 13.2 Å². The molecule has 25 heavy (non-hydrogen) atoms. The lowest BCUT2D eigenvalue weighted by Crippen LogP contribution is -2.26. The highest BCUT2D eigenvalue weighted by molar-refractivity contribution is 7.89. The van der Waals surface area contributed by atoms with E-state index in [1.54, 1.807) is 31.6 Å². The van der Waals surface area contributed by atoms with E-state index in [1.165, 1.54) is 24.3 Å². The molecule has 1 heterocycles. The highest BCUT2D eigenvalue weighted by Gasteiger charge is 2.14. The van der Waals surface area contributed by atoms with Crippen LogP contribution in [-0.4, -0.2) is 39.6 Å². The number of hydrogen-bond acceptors (Lipinski definition) is 5.